The molecule has 1 aromatic heterocycles. The molecule has 0 aliphatic heterocycles. The van der Waals surface area contributed by atoms with Crippen LogP contribution in [0, 0.1) is 0 Å². The monoisotopic (exact) mass is 299 g/mol. The minimum absolute atomic E-state index is 0.298. The molecule has 1 heterocycles. The van der Waals surface area contributed by atoms with Crippen molar-refractivity contribution in [3.8, 4) is 17.0 Å². The van der Waals surface area contributed by atoms with Gasteiger partial charge in [-0.1, -0.05) is 27.5 Å². The molecule has 0 N–H and O–H groups in total. The van der Waals surface area contributed by atoms with E-state index in [9.17, 15) is 0 Å². The van der Waals surface area contributed by atoms with Crippen molar-refractivity contribution < 1.29 is 4.74 Å². The van der Waals surface area contributed by atoms with Gasteiger partial charge >= 0.3 is 0 Å². The van der Waals surface area contributed by atoms with E-state index >= 15 is 0 Å². The van der Waals surface area contributed by atoms with Crippen molar-refractivity contribution in [2.45, 2.75) is 0 Å². The Kier molecular flexibility index (Phi) is 3.36. The zero-order chi connectivity index (χ0) is 11.5. The van der Waals surface area contributed by atoms with Crippen LogP contribution in [0.25, 0.3) is 11.3 Å². The zero-order valence-corrected chi connectivity index (χ0v) is 10.7. The van der Waals surface area contributed by atoms with E-state index in [-0.39, 0.29) is 0 Å². The molecule has 0 atom stereocenters. The summed E-state index contributed by atoms with van der Waals surface area (Å²) in [5, 5.41) is 7.96. The molecule has 0 fully saturated rings. The summed E-state index contributed by atoms with van der Waals surface area (Å²) in [6.07, 6.45) is 1.30. The van der Waals surface area contributed by atoms with Gasteiger partial charge in [-0.2, -0.15) is 0 Å². The van der Waals surface area contributed by atoms with Gasteiger partial charge in [0, 0.05) is 10.0 Å². The average molecular weight is 301 g/mol. The van der Waals surface area contributed by atoms with Gasteiger partial charge in [0.05, 0.1) is 7.11 Å². The Morgan fingerprint density at radius 3 is 2.88 bits per heavy atom. The van der Waals surface area contributed by atoms with Crippen LogP contribution in [0.5, 0.6) is 5.75 Å². The number of hydrogen-bond acceptors (Lipinski definition) is 4. The lowest BCUT2D eigenvalue weighted by Gasteiger charge is -2.08. The summed E-state index contributed by atoms with van der Waals surface area (Å²) in [5.41, 5.74) is 1.25. The number of ether oxygens (including phenoxy) is 1. The highest BCUT2D eigenvalue weighted by molar-refractivity contribution is 9.10. The Morgan fingerprint density at radius 2 is 2.19 bits per heavy atom. The van der Waals surface area contributed by atoms with E-state index in [1.54, 1.807) is 7.11 Å². The maximum Gasteiger partial charge on any atom is 0.159 e. The number of halogens is 2. The number of aromatic nitrogens is 3. The number of benzene rings is 1. The number of methoxy groups -OCH3 is 1. The third kappa shape index (κ3) is 2.15. The van der Waals surface area contributed by atoms with Crippen LogP contribution in [0.4, 0.5) is 0 Å². The first-order chi connectivity index (χ1) is 7.72. The van der Waals surface area contributed by atoms with Crippen LogP contribution < -0.4 is 4.74 Å². The minimum Gasteiger partial charge on any atom is -0.496 e. The summed E-state index contributed by atoms with van der Waals surface area (Å²) >= 11 is 9.34. The van der Waals surface area contributed by atoms with Gasteiger partial charge in [-0.3, -0.25) is 0 Å². The topological polar surface area (TPSA) is 47.9 Å². The Bertz CT molecular complexity index is 521. The van der Waals surface area contributed by atoms with Crippen LogP contribution in [-0.2, 0) is 0 Å². The van der Waals surface area contributed by atoms with Crippen LogP contribution in [-0.4, -0.2) is 22.3 Å². The molecule has 6 heteroatoms. The van der Waals surface area contributed by atoms with Gasteiger partial charge < -0.3 is 4.74 Å². The van der Waals surface area contributed by atoms with E-state index in [0.717, 1.165) is 10.0 Å². The summed E-state index contributed by atoms with van der Waals surface area (Å²) in [4.78, 5) is 3.88. The van der Waals surface area contributed by atoms with Crippen LogP contribution in [0.2, 0.25) is 5.15 Å². The van der Waals surface area contributed by atoms with Gasteiger partial charge in [0.25, 0.3) is 0 Å². The molecule has 82 valence electrons. The largest absolute Gasteiger partial charge is 0.496 e. The quantitative estimate of drug-likeness (QED) is 0.855. The zero-order valence-electron chi connectivity index (χ0n) is 8.32. The fourth-order valence-electron chi connectivity index (χ4n) is 1.29. The fourth-order valence-corrected chi connectivity index (χ4v) is 1.84. The van der Waals surface area contributed by atoms with Gasteiger partial charge in [-0.15, -0.1) is 10.2 Å². The Morgan fingerprint density at radius 1 is 1.38 bits per heavy atom. The lowest BCUT2D eigenvalue weighted by Crippen LogP contribution is -1.94. The predicted molar refractivity (Wildman–Crippen MR) is 64.5 cm³/mol. The second-order valence-electron chi connectivity index (χ2n) is 2.94. The molecule has 0 amide bonds. The van der Waals surface area contributed by atoms with E-state index in [0.29, 0.717) is 16.6 Å². The maximum absolute atomic E-state index is 5.96. The molecule has 0 radical (unpaired) electrons. The summed E-state index contributed by atoms with van der Waals surface area (Å²) in [5.74, 6) is 0.674. The third-order valence-corrected chi connectivity index (χ3v) is 2.76. The minimum atomic E-state index is 0.298. The van der Waals surface area contributed by atoms with E-state index in [1.165, 1.54) is 6.33 Å². The molecule has 0 saturated heterocycles. The molecular weight excluding hydrogens is 293 g/mol. The summed E-state index contributed by atoms with van der Waals surface area (Å²) < 4.78 is 6.14. The molecule has 2 rings (SSSR count). The summed E-state index contributed by atoms with van der Waals surface area (Å²) in [7, 11) is 1.59. The van der Waals surface area contributed by atoms with Gasteiger partial charge in [-0.25, -0.2) is 4.98 Å². The molecule has 0 unspecified atom stereocenters. The number of rotatable bonds is 2. The highest BCUT2D eigenvalue weighted by Gasteiger charge is 2.12. The van der Waals surface area contributed by atoms with Gasteiger partial charge in [-0.05, 0) is 18.2 Å². The smallest absolute Gasteiger partial charge is 0.159 e. The first-order valence-electron chi connectivity index (χ1n) is 4.39. The highest BCUT2D eigenvalue weighted by atomic mass is 79.9. The van der Waals surface area contributed by atoms with Crippen LogP contribution in [0.15, 0.2) is 29.0 Å². The van der Waals surface area contributed by atoms with Crippen LogP contribution in [0.3, 0.4) is 0 Å². The van der Waals surface area contributed by atoms with E-state index in [1.807, 2.05) is 18.2 Å². The first kappa shape index (κ1) is 11.3. The third-order valence-electron chi connectivity index (χ3n) is 1.99. The molecule has 0 aliphatic carbocycles. The molecular formula is C10H7BrClN3O. The van der Waals surface area contributed by atoms with Crippen molar-refractivity contribution in [1.29, 1.82) is 0 Å². The molecule has 0 saturated carbocycles. The van der Waals surface area contributed by atoms with Gasteiger partial charge in [0.15, 0.2) is 5.15 Å². The second-order valence-corrected chi connectivity index (χ2v) is 4.22. The predicted octanol–water partition coefficient (Wildman–Crippen LogP) is 2.96. The van der Waals surface area contributed by atoms with Crippen molar-refractivity contribution in [3.63, 3.8) is 0 Å². The van der Waals surface area contributed by atoms with E-state index < -0.39 is 0 Å². The number of hydrogen-bond donors (Lipinski definition) is 0. The van der Waals surface area contributed by atoms with Crippen molar-refractivity contribution in [2.24, 2.45) is 0 Å². The van der Waals surface area contributed by atoms with E-state index in [4.69, 9.17) is 16.3 Å². The molecule has 4 nitrogen and oxygen atoms in total. The van der Waals surface area contributed by atoms with Crippen LogP contribution in [0.1, 0.15) is 0 Å². The Balaban J connectivity index is 2.63. The van der Waals surface area contributed by atoms with Crippen molar-refractivity contribution in [2.75, 3.05) is 7.11 Å². The number of nitrogens with zero attached hydrogens (tertiary/aromatic N) is 3. The van der Waals surface area contributed by atoms with Crippen molar-refractivity contribution in [1.82, 2.24) is 15.2 Å². The molecule has 0 spiro atoms. The Labute approximate surface area is 106 Å². The van der Waals surface area contributed by atoms with E-state index in [2.05, 4.69) is 31.1 Å². The fraction of sp³-hybridized carbons (Fsp3) is 0.100. The maximum atomic E-state index is 5.96. The molecule has 2 aromatic rings. The normalized spacial score (nSPS) is 10.2. The molecule has 16 heavy (non-hydrogen) atoms. The summed E-state index contributed by atoms with van der Waals surface area (Å²) in [6, 6.07) is 5.56. The van der Waals surface area contributed by atoms with Crippen molar-refractivity contribution in [3.05, 3.63) is 34.2 Å². The van der Waals surface area contributed by atoms with Crippen molar-refractivity contribution >= 4 is 27.5 Å². The average Bonchev–Trinajstić information content (AvgIpc) is 2.29. The lowest BCUT2D eigenvalue weighted by atomic mass is 10.1. The summed E-state index contributed by atoms with van der Waals surface area (Å²) in [6.45, 7) is 0. The molecule has 1 aromatic carbocycles. The second kappa shape index (κ2) is 4.76. The van der Waals surface area contributed by atoms with Gasteiger partial charge in [0.1, 0.15) is 17.8 Å². The highest BCUT2D eigenvalue weighted by Crippen LogP contribution is 2.33. The first-order valence-corrected chi connectivity index (χ1v) is 5.56. The van der Waals surface area contributed by atoms with Crippen LogP contribution >= 0.6 is 27.5 Å². The van der Waals surface area contributed by atoms with Gasteiger partial charge in [0.2, 0.25) is 0 Å². The lowest BCUT2D eigenvalue weighted by molar-refractivity contribution is 0.416. The molecule has 0 bridgehead atoms. The molecule has 0 aliphatic rings. The Hall–Kier alpha value is -1.20. The standard InChI is InChI=1S/C10H7BrClN3O/c1-16-8-3-2-6(11)4-7(8)9-10(12)13-5-14-15-9/h2-5H,1H3. The SMILES string of the molecule is COc1ccc(Br)cc1-c1nncnc1Cl.